The van der Waals surface area contributed by atoms with Gasteiger partial charge in [0.2, 0.25) is 10.0 Å². The molecule has 0 atom stereocenters. The van der Waals surface area contributed by atoms with Crippen molar-refractivity contribution in [2.24, 2.45) is 0 Å². The van der Waals surface area contributed by atoms with E-state index in [9.17, 15) is 13.2 Å². The molecular weight excluding hydrogens is 282 g/mol. The summed E-state index contributed by atoms with van der Waals surface area (Å²) in [5.74, 6) is -1.09. The van der Waals surface area contributed by atoms with Crippen molar-refractivity contribution in [3.63, 3.8) is 0 Å². The van der Waals surface area contributed by atoms with E-state index in [1.54, 1.807) is 4.57 Å². The smallest absolute Gasteiger partial charge is 0.356 e. The van der Waals surface area contributed by atoms with Gasteiger partial charge in [0.1, 0.15) is 0 Å². The Labute approximate surface area is 118 Å². The highest BCUT2D eigenvalue weighted by Crippen LogP contribution is 2.22. The molecule has 8 heteroatoms. The summed E-state index contributed by atoms with van der Waals surface area (Å²) in [4.78, 5) is 14.4. The van der Waals surface area contributed by atoms with Crippen LogP contribution in [0.3, 0.4) is 0 Å². The molecule has 0 aliphatic heterocycles. The van der Waals surface area contributed by atoms with E-state index in [4.69, 9.17) is 5.11 Å². The second kappa shape index (κ2) is 6.36. The Kier molecular flexibility index (Phi) is 4.77. The fourth-order valence-corrected chi connectivity index (χ4v) is 3.97. The molecule has 2 N–H and O–H groups in total. The Balaban J connectivity index is 1.83. The average molecular weight is 301 g/mol. The minimum atomic E-state index is -3.26. The minimum absolute atomic E-state index is 0.0415. The summed E-state index contributed by atoms with van der Waals surface area (Å²) in [6.07, 6.45) is 7.27. The van der Waals surface area contributed by atoms with Gasteiger partial charge in [0.15, 0.2) is 5.69 Å². The van der Waals surface area contributed by atoms with E-state index in [0.29, 0.717) is 6.54 Å². The lowest BCUT2D eigenvalue weighted by molar-refractivity contribution is 0.0691. The van der Waals surface area contributed by atoms with Crippen molar-refractivity contribution >= 4 is 16.0 Å². The molecule has 1 heterocycles. The SMILES string of the molecule is O=C(O)c1cn(CCNS(=O)(=O)C2CCCCC2)cn1. The van der Waals surface area contributed by atoms with E-state index in [1.807, 2.05) is 0 Å². The zero-order valence-corrected chi connectivity index (χ0v) is 12.0. The molecule has 1 aromatic rings. The molecule has 2 rings (SSSR count). The van der Waals surface area contributed by atoms with Crippen LogP contribution in [0.25, 0.3) is 0 Å². The largest absolute Gasteiger partial charge is 0.476 e. The topological polar surface area (TPSA) is 101 Å². The van der Waals surface area contributed by atoms with Crippen molar-refractivity contribution in [1.29, 1.82) is 0 Å². The average Bonchev–Trinajstić information content (AvgIpc) is 2.89. The first-order valence-electron chi connectivity index (χ1n) is 6.72. The van der Waals surface area contributed by atoms with E-state index in [-0.39, 0.29) is 17.5 Å². The van der Waals surface area contributed by atoms with Crippen LogP contribution in [0.4, 0.5) is 0 Å². The molecule has 1 aromatic heterocycles. The second-order valence-electron chi connectivity index (χ2n) is 5.00. The number of carbonyl (C=O) groups is 1. The summed E-state index contributed by atoms with van der Waals surface area (Å²) >= 11 is 0. The summed E-state index contributed by atoms with van der Waals surface area (Å²) in [7, 11) is -3.26. The van der Waals surface area contributed by atoms with E-state index in [2.05, 4.69) is 9.71 Å². The summed E-state index contributed by atoms with van der Waals surface area (Å²) < 4.78 is 28.3. The Hall–Kier alpha value is -1.41. The highest BCUT2D eigenvalue weighted by molar-refractivity contribution is 7.90. The van der Waals surface area contributed by atoms with Crippen molar-refractivity contribution in [3.05, 3.63) is 18.2 Å². The van der Waals surface area contributed by atoms with Gasteiger partial charge in [-0.15, -0.1) is 0 Å². The van der Waals surface area contributed by atoms with E-state index < -0.39 is 16.0 Å². The summed E-state index contributed by atoms with van der Waals surface area (Å²) in [5, 5.41) is 8.45. The number of carboxylic acid groups (broad SMARTS) is 1. The Bertz CT molecular complexity index is 561. The van der Waals surface area contributed by atoms with Crippen LogP contribution in [0.15, 0.2) is 12.5 Å². The Morgan fingerprint density at radius 1 is 1.40 bits per heavy atom. The van der Waals surface area contributed by atoms with Crippen LogP contribution in [-0.2, 0) is 16.6 Å². The van der Waals surface area contributed by atoms with Crippen molar-refractivity contribution in [2.45, 2.75) is 43.9 Å². The summed E-state index contributed by atoms with van der Waals surface area (Å²) in [5.41, 5.74) is -0.0415. The van der Waals surface area contributed by atoms with Crippen LogP contribution in [0.1, 0.15) is 42.6 Å². The fraction of sp³-hybridized carbons (Fsp3) is 0.667. The third-order valence-electron chi connectivity index (χ3n) is 3.52. The van der Waals surface area contributed by atoms with Crippen molar-refractivity contribution in [1.82, 2.24) is 14.3 Å². The first-order valence-corrected chi connectivity index (χ1v) is 8.27. The lowest BCUT2D eigenvalue weighted by atomic mass is 10.0. The maximum Gasteiger partial charge on any atom is 0.356 e. The molecule has 112 valence electrons. The highest BCUT2D eigenvalue weighted by Gasteiger charge is 2.26. The molecule has 20 heavy (non-hydrogen) atoms. The van der Waals surface area contributed by atoms with Gasteiger partial charge in [0.25, 0.3) is 0 Å². The van der Waals surface area contributed by atoms with E-state index >= 15 is 0 Å². The van der Waals surface area contributed by atoms with Crippen LogP contribution in [0.5, 0.6) is 0 Å². The zero-order chi connectivity index (χ0) is 14.6. The number of imidazole rings is 1. The number of nitrogens with zero attached hydrogens (tertiary/aromatic N) is 2. The molecule has 0 aromatic carbocycles. The number of nitrogens with one attached hydrogen (secondary N) is 1. The van der Waals surface area contributed by atoms with E-state index in [0.717, 1.165) is 32.1 Å². The number of aromatic nitrogens is 2. The summed E-state index contributed by atoms with van der Waals surface area (Å²) in [6, 6.07) is 0. The van der Waals surface area contributed by atoms with Crippen LogP contribution >= 0.6 is 0 Å². The molecular formula is C12H19N3O4S. The summed E-state index contributed by atoms with van der Waals surface area (Å²) in [6.45, 7) is 0.612. The lowest BCUT2D eigenvalue weighted by Crippen LogP contribution is -2.37. The van der Waals surface area contributed by atoms with E-state index in [1.165, 1.54) is 12.5 Å². The molecule has 0 bridgehead atoms. The molecule has 7 nitrogen and oxygen atoms in total. The quantitative estimate of drug-likeness (QED) is 0.810. The number of hydrogen-bond acceptors (Lipinski definition) is 4. The maximum absolute atomic E-state index is 12.1. The molecule has 1 aliphatic rings. The number of carboxylic acids is 1. The predicted octanol–water partition coefficient (Wildman–Crippen LogP) is 0.833. The van der Waals surface area contributed by atoms with Gasteiger partial charge in [0, 0.05) is 19.3 Å². The molecule has 0 amide bonds. The molecule has 1 fully saturated rings. The van der Waals surface area contributed by atoms with Gasteiger partial charge in [-0.1, -0.05) is 19.3 Å². The first-order chi connectivity index (χ1) is 9.49. The van der Waals surface area contributed by atoms with Crippen molar-refractivity contribution in [3.8, 4) is 0 Å². The van der Waals surface area contributed by atoms with Gasteiger partial charge in [-0.3, -0.25) is 0 Å². The second-order valence-corrected chi connectivity index (χ2v) is 7.05. The minimum Gasteiger partial charge on any atom is -0.476 e. The van der Waals surface area contributed by atoms with Gasteiger partial charge in [-0.2, -0.15) is 0 Å². The van der Waals surface area contributed by atoms with Crippen LogP contribution in [0.2, 0.25) is 0 Å². The third-order valence-corrected chi connectivity index (χ3v) is 5.47. The van der Waals surface area contributed by atoms with Gasteiger partial charge >= 0.3 is 5.97 Å². The number of hydrogen-bond donors (Lipinski definition) is 2. The fourth-order valence-electron chi connectivity index (χ4n) is 2.40. The maximum atomic E-state index is 12.1. The molecule has 1 aliphatic carbocycles. The van der Waals surface area contributed by atoms with Gasteiger partial charge < -0.3 is 9.67 Å². The number of aromatic carboxylic acids is 1. The van der Waals surface area contributed by atoms with Crippen LogP contribution < -0.4 is 4.72 Å². The first kappa shape index (κ1) is 15.0. The number of rotatable bonds is 6. The lowest BCUT2D eigenvalue weighted by Gasteiger charge is -2.22. The van der Waals surface area contributed by atoms with Crippen molar-refractivity contribution in [2.75, 3.05) is 6.54 Å². The Morgan fingerprint density at radius 2 is 2.10 bits per heavy atom. The van der Waals surface area contributed by atoms with Crippen molar-refractivity contribution < 1.29 is 18.3 Å². The molecule has 0 spiro atoms. The third kappa shape index (κ3) is 3.80. The van der Waals surface area contributed by atoms with Crippen LogP contribution in [0, 0.1) is 0 Å². The standard InChI is InChI=1S/C12H19N3O4S/c16-12(17)11-8-15(9-13-11)7-6-14-20(18,19)10-4-2-1-3-5-10/h8-10,14H,1-7H2,(H,16,17). The normalized spacial score (nSPS) is 17.2. The molecule has 0 radical (unpaired) electrons. The molecule has 0 saturated heterocycles. The molecule has 0 unspecified atom stereocenters. The highest BCUT2D eigenvalue weighted by atomic mass is 32.2. The van der Waals surface area contributed by atoms with Gasteiger partial charge in [-0.05, 0) is 12.8 Å². The number of sulfonamides is 1. The van der Waals surface area contributed by atoms with Gasteiger partial charge in [0.05, 0.1) is 11.6 Å². The Morgan fingerprint density at radius 3 is 2.70 bits per heavy atom. The van der Waals surface area contributed by atoms with Gasteiger partial charge in [-0.25, -0.2) is 22.9 Å². The monoisotopic (exact) mass is 301 g/mol. The zero-order valence-electron chi connectivity index (χ0n) is 11.2. The predicted molar refractivity (Wildman–Crippen MR) is 73.0 cm³/mol. The van der Waals surface area contributed by atoms with Crippen LogP contribution in [-0.4, -0.2) is 40.8 Å². The molecule has 1 saturated carbocycles.